The highest BCUT2D eigenvalue weighted by molar-refractivity contribution is 5.94. The highest BCUT2D eigenvalue weighted by Gasteiger charge is 2.36. The van der Waals surface area contributed by atoms with Gasteiger partial charge in [0.25, 0.3) is 5.91 Å². The maximum absolute atomic E-state index is 12.7. The molecular weight excluding hydrogens is 330 g/mol. The molecule has 2 aromatic heterocycles. The fraction of sp³-hybridized carbons (Fsp3) is 0.316. The molecule has 0 bridgehead atoms. The minimum atomic E-state index is -0.273. The van der Waals surface area contributed by atoms with Gasteiger partial charge in [0.2, 0.25) is 0 Å². The number of hydrogen-bond acceptors (Lipinski definition) is 4. The van der Waals surface area contributed by atoms with Gasteiger partial charge >= 0.3 is 0 Å². The maximum atomic E-state index is 12.7. The molecule has 7 nitrogen and oxygen atoms in total. The molecule has 0 saturated heterocycles. The van der Waals surface area contributed by atoms with Gasteiger partial charge in [-0.1, -0.05) is 0 Å². The van der Waals surface area contributed by atoms with Gasteiger partial charge in [-0.3, -0.25) is 9.48 Å². The first-order valence-electron chi connectivity index (χ1n) is 8.66. The Labute approximate surface area is 151 Å². The van der Waals surface area contributed by atoms with Crippen molar-refractivity contribution in [3.8, 4) is 5.69 Å². The molecular formula is C19H21N5O2. The summed E-state index contributed by atoms with van der Waals surface area (Å²) in [6, 6.07) is 7.25. The Morgan fingerprint density at radius 2 is 2.08 bits per heavy atom. The van der Waals surface area contributed by atoms with Gasteiger partial charge in [0.1, 0.15) is 0 Å². The molecule has 1 aliphatic carbocycles. The van der Waals surface area contributed by atoms with Crippen molar-refractivity contribution in [3.63, 3.8) is 0 Å². The van der Waals surface area contributed by atoms with Crippen LogP contribution in [0.4, 0.5) is 0 Å². The molecule has 4 rings (SSSR count). The van der Waals surface area contributed by atoms with E-state index in [0.717, 1.165) is 11.3 Å². The second-order valence-electron chi connectivity index (χ2n) is 6.80. The second-order valence-corrected chi connectivity index (χ2v) is 6.80. The summed E-state index contributed by atoms with van der Waals surface area (Å²) in [6.07, 6.45) is 10.1. The van der Waals surface area contributed by atoms with Gasteiger partial charge in [-0.05, 0) is 43.0 Å². The van der Waals surface area contributed by atoms with E-state index in [0.29, 0.717) is 18.4 Å². The number of carbonyl (C=O) groups is 1. The molecule has 0 aliphatic heterocycles. The first-order valence-corrected chi connectivity index (χ1v) is 8.66. The van der Waals surface area contributed by atoms with Crippen molar-refractivity contribution in [1.29, 1.82) is 0 Å². The van der Waals surface area contributed by atoms with Crippen LogP contribution >= 0.6 is 0 Å². The van der Waals surface area contributed by atoms with Crippen molar-refractivity contribution < 1.29 is 9.90 Å². The van der Waals surface area contributed by atoms with Crippen LogP contribution in [0.1, 0.15) is 34.8 Å². The number of imidazole rings is 1. The van der Waals surface area contributed by atoms with Crippen LogP contribution in [0, 0.1) is 5.92 Å². The van der Waals surface area contributed by atoms with Gasteiger partial charge in [-0.15, -0.1) is 0 Å². The van der Waals surface area contributed by atoms with Crippen LogP contribution in [0.3, 0.4) is 0 Å². The van der Waals surface area contributed by atoms with Gasteiger partial charge in [0.15, 0.2) is 0 Å². The number of nitrogens with one attached hydrogen (secondary N) is 1. The summed E-state index contributed by atoms with van der Waals surface area (Å²) in [7, 11) is 1.85. The molecule has 0 radical (unpaired) electrons. The van der Waals surface area contributed by atoms with Crippen LogP contribution in [0.25, 0.3) is 5.69 Å². The molecule has 3 aromatic rings. The summed E-state index contributed by atoms with van der Waals surface area (Å²) in [6.45, 7) is 0. The van der Waals surface area contributed by atoms with Crippen molar-refractivity contribution in [1.82, 2.24) is 24.6 Å². The Morgan fingerprint density at radius 3 is 2.65 bits per heavy atom. The van der Waals surface area contributed by atoms with Crippen LogP contribution in [-0.4, -0.2) is 36.4 Å². The van der Waals surface area contributed by atoms with Crippen molar-refractivity contribution in [2.45, 2.75) is 25.0 Å². The fourth-order valence-electron chi connectivity index (χ4n) is 3.40. The van der Waals surface area contributed by atoms with Gasteiger partial charge in [-0.25, -0.2) is 4.98 Å². The number of aliphatic hydroxyl groups is 1. The van der Waals surface area contributed by atoms with E-state index in [1.165, 1.54) is 0 Å². The van der Waals surface area contributed by atoms with Crippen LogP contribution in [0.5, 0.6) is 0 Å². The number of amides is 1. The number of aryl methyl sites for hydroxylation is 1. The Kier molecular flexibility index (Phi) is 4.30. The Balaban J connectivity index is 1.51. The molecule has 1 atom stereocenters. The number of aromatic nitrogens is 4. The first kappa shape index (κ1) is 16.5. The number of rotatable bonds is 5. The highest BCUT2D eigenvalue weighted by atomic mass is 16.3. The lowest BCUT2D eigenvalue weighted by Crippen LogP contribution is -2.41. The third-order valence-electron chi connectivity index (χ3n) is 4.92. The zero-order valence-electron chi connectivity index (χ0n) is 14.5. The van der Waals surface area contributed by atoms with Crippen molar-refractivity contribution in [3.05, 3.63) is 66.5 Å². The molecule has 1 aliphatic rings. The lowest BCUT2D eigenvalue weighted by Gasteiger charge is -2.37. The molecule has 1 amide bonds. The Bertz CT molecular complexity index is 879. The summed E-state index contributed by atoms with van der Waals surface area (Å²) in [5.74, 6) is 0.0980. The summed E-state index contributed by atoms with van der Waals surface area (Å²) in [4.78, 5) is 16.8. The smallest absolute Gasteiger partial charge is 0.251 e. The van der Waals surface area contributed by atoms with E-state index in [1.807, 2.05) is 36.1 Å². The van der Waals surface area contributed by atoms with Gasteiger partial charge in [0.05, 0.1) is 24.7 Å². The zero-order chi connectivity index (χ0) is 18.1. The quantitative estimate of drug-likeness (QED) is 0.735. The van der Waals surface area contributed by atoms with Crippen molar-refractivity contribution >= 4 is 5.91 Å². The van der Waals surface area contributed by atoms with E-state index in [9.17, 15) is 9.90 Å². The molecule has 1 saturated carbocycles. The predicted octanol–water partition coefficient (Wildman–Crippen LogP) is 1.85. The summed E-state index contributed by atoms with van der Waals surface area (Å²) in [5.41, 5.74) is 2.51. The molecule has 0 unspecified atom stereocenters. The molecule has 26 heavy (non-hydrogen) atoms. The van der Waals surface area contributed by atoms with Gasteiger partial charge < -0.3 is 15.0 Å². The molecule has 7 heteroatoms. The zero-order valence-corrected chi connectivity index (χ0v) is 14.5. The number of carbonyl (C=O) groups excluding carboxylic acids is 1. The lowest BCUT2D eigenvalue weighted by molar-refractivity contribution is 0.0235. The minimum absolute atomic E-state index is 0.127. The Hall–Kier alpha value is -2.93. The van der Waals surface area contributed by atoms with Crippen LogP contribution < -0.4 is 5.32 Å². The molecule has 1 fully saturated rings. The van der Waals surface area contributed by atoms with Crippen molar-refractivity contribution in [2.75, 3.05) is 0 Å². The van der Waals surface area contributed by atoms with E-state index in [-0.39, 0.29) is 24.0 Å². The van der Waals surface area contributed by atoms with E-state index in [1.54, 1.807) is 35.5 Å². The molecule has 134 valence electrons. The third-order valence-corrected chi connectivity index (χ3v) is 4.92. The number of nitrogens with zero attached hydrogens (tertiary/aromatic N) is 4. The average molecular weight is 351 g/mol. The topological polar surface area (TPSA) is 85.0 Å². The summed E-state index contributed by atoms with van der Waals surface area (Å²) >= 11 is 0. The van der Waals surface area contributed by atoms with E-state index in [2.05, 4.69) is 15.4 Å². The van der Waals surface area contributed by atoms with Gasteiger partial charge in [0, 0.05) is 42.5 Å². The molecule has 1 aromatic carbocycles. The normalized spacial score (nSPS) is 20.4. The molecule has 0 spiro atoms. The largest absolute Gasteiger partial charge is 0.393 e. The minimum Gasteiger partial charge on any atom is -0.393 e. The monoisotopic (exact) mass is 351 g/mol. The van der Waals surface area contributed by atoms with Gasteiger partial charge in [-0.2, -0.15) is 5.10 Å². The summed E-state index contributed by atoms with van der Waals surface area (Å²) < 4.78 is 3.61. The molecule has 2 heterocycles. The van der Waals surface area contributed by atoms with Crippen LogP contribution in [-0.2, 0) is 7.05 Å². The van der Waals surface area contributed by atoms with Crippen LogP contribution in [0.2, 0.25) is 0 Å². The van der Waals surface area contributed by atoms with Crippen LogP contribution in [0.15, 0.2) is 55.4 Å². The van der Waals surface area contributed by atoms with E-state index in [4.69, 9.17) is 0 Å². The first-order chi connectivity index (χ1) is 12.6. The average Bonchev–Trinajstić information content (AvgIpc) is 3.29. The number of benzene rings is 1. The SMILES string of the molecule is Cn1cc([C@H](NC(=O)c2ccc(-n3ccnc3)cc2)C2CC(O)C2)cn1. The predicted molar refractivity (Wildman–Crippen MR) is 95.7 cm³/mol. The fourth-order valence-corrected chi connectivity index (χ4v) is 3.40. The lowest BCUT2D eigenvalue weighted by atomic mass is 9.75. The number of hydrogen-bond donors (Lipinski definition) is 2. The number of aliphatic hydroxyl groups excluding tert-OH is 1. The van der Waals surface area contributed by atoms with Crippen molar-refractivity contribution in [2.24, 2.45) is 13.0 Å². The maximum Gasteiger partial charge on any atom is 0.251 e. The molecule has 2 N–H and O–H groups in total. The Morgan fingerprint density at radius 1 is 1.31 bits per heavy atom. The van der Waals surface area contributed by atoms with E-state index < -0.39 is 0 Å². The highest BCUT2D eigenvalue weighted by Crippen LogP contribution is 2.38. The summed E-state index contributed by atoms with van der Waals surface area (Å²) in [5, 5.41) is 17.0. The van der Waals surface area contributed by atoms with E-state index >= 15 is 0 Å². The standard InChI is InChI=1S/C19H21N5O2/c1-23-11-15(10-21-23)18(14-8-17(25)9-14)22-19(26)13-2-4-16(5-3-13)24-7-6-20-12-24/h2-7,10-12,14,17-18,25H,8-9H2,1H3,(H,22,26)/t14?,17?,18-/m1/s1. The second kappa shape index (κ2) is 6.76. The third kappa shape index (κ3) is 3.25.